The summed E-state index contributed by atoms with van der Waals surface area (Å²) in [5.41, 5.74) is 3.59. The molecule has 0 amide bonds. The van der Waals surface area contributed by atoms with E-state index in [0.29, 0.717) is 5.02 Å². The van der Waals surface area contributed by atoms with Gasteiger partial charge < -0.3 is 9.64 Å². The number of anilines is 1. The molecule has 5 nitrogen and oxygen atoms in total. The third kappa shape index (κ3) is 3.74. The van der Waals surface area contributed by atoms with Crippen LogP contribution >= 0.6 is 11.6 Å². The van der Waals surface area contributed by atoms with Crippen molar-refractivity contribution in [2.75, 3.05) is 25.1 Å². The van der Waals surface area contributed by atoms with Crippen LogP contribution in [0.5, 0.6) is 5.75 Å². The first-order chi connectivity index (χ1) is 13.1. The van der Waals surface area contributed by atoms with Gasteiger partial charge >= 0.3 is 0 Å². The van der Waals surface area contributed by atoms with E-state index in [0.717, 1.165) is 60.7 Å². The molecule has 3 aromatic rings. The Hall–Kier alpha value is -2.27. The number of aromatic nitrogens is 3. The lowest BCUT2D eigenvalue weighted by Gasteiger charge is -2.24. The van der Waals surface area contributed by atoms with Crippen LogP contribution in [0.15, 0.2) is 30.6 Å². The van der Waals surface area contributed by atoms with E-state index in [4.69, 9.17) is 21.3 Å². The van der Waals surface area contributed by atoms with Crippen molar-refractivity contribution in [3.63, 3.8) is 0 Å². The molecular weight excluding hydrogens is 360 g/mol. The zero-order valence-corrected chi connectivity index (χ0v) is 17.3. The molecule has 6 heteroatoms. The first kappa shape index (κ1) is 19.5. The van der Waals surface area contributed by atoms with E-state index >= 15 is 0 Å². The Morgan fingerprint density at radius 3 is 2.48 bits per heavy atom. The van der Waals surface area contributed by atoms with E-state index in [1.54, 1.807) is 7.11 Å². The third-order valence-corrected chi connectivity index (χ3v) is 4.95. The summed E-state index contributed by atoms with van der Waals surface area (Å²) in [4.78, 5) is 12.0. The van der Waals surface area contributed by atoms with Crippen molar-refractivity contribution in [3.05, 3.63) is 41.3 Å². The van der Waals surface area contributed by atoms with Crippen molar-refractivity contribution in [1.82, 2.24) is 14.4 Å². The lowest BCUT2D eigenvalue weighted by atomic mass is 10.1. The summed E-state index contributed by atoms with van der Waals surface area (Å²) in [6.07, 6.45) is 6.88. The fraction of sp³-hybridized carbons (Fsp3) is 0.429. The molecule has 0 aliphatic carbocycles. The molecule has 0 fully saturated rings. The predicted molar refractivity (Wildman–Crippen MR) is 112 cm³/mol. The van der Waals surface area contributed by atoms with Gasteiger partial charge in [-0.2, -0.15) is 0 Å². The first-order valence-corrected chi connectivity index (χ1v) is 9.97. The van der Waals surface area contributed by atoms with E-state index in [1.165, 1.54) is 5.82 Å². The van der Waals surface area contributed by atoms with Gasteiger partial charge in [-0.05, 0) is 37.5 Å². The van der Waals surface area contributed by atoms with Crippen LogP contribution in [0.4, 0.5) is 5.82 Å². The van der Waals surface area contributed by atoms with Crippen LogP contribution in [0.2, 0.25) is 5.02 Å². The summed E-state index contributed by atoms with van der Waals surface area (Å²) in [7, 11) is 1.63. The number of nitrogens with zero attached hydrogens (tertiary/aromatic N) is 4. The number of hydrogen-bond donors (Lipinski definition) is 0. The lowest BCUT2D eigenvalue weighted by molar-refractivity contribution is 0.415. The van der Waals surface area contributed by atoms with Crippen molar-refractivity contribution < 1.29 is 4.74 Å². The summed E-state index contributed by atoms with van der Waals surface area (Å²) < 4.78 is 7.43. The SMILES string of the molecule is CCCN(CCC)c1c(CC)nc2c(-c3ccc(OC)cc3Cl)nccn12. The highest BCUT2D eigenvalue weighted by atomic mass is 35.5. The van der Waals surface area contributed by atoms with E-state index < -0.39 is 0 Å². The van der Waals surface area contributed by atoms with Crippen molar-refractivity contribution >= 4 is 23.1 Å². The Labute approximate surface area is 166 Å². The number of ether oxygens (including phenoxy) is 1. The number of imidazole rings is 1. The molecule has 0 N–H and O–H groups in total. The molecule has 27 heavy (non-hydrogen) atoms. The van der Waals surface area contributed by atoms with Crippen molar-refractivity contribution in [2.45, 2.75) is 40.0 Å². The Morgan fingerprint density at radius 1 is 1.15 bits per heavy atom. The van der Waals surface area contributed by atoms with E-state index in [9.17, 15) is 0 Å². The average molecular weight is 387 g/mol. The summed E-state index contributed by atoms with van der Waals surface area (Å²) >= 11 is 6.52. The first-order valence-electron chi connectivity index (χ1n) is 9.59. The molecule has 0 atom stereocenters. The molecule has 0 unspecified atom stereocenters. The Balaban J connectivity index is 2.20. The molecular formula is C21H27ClN4O. The van der Waals surface area contributed by atoms with Gasteiger partial charge in [-0.1, -0.05) is 32.4 Å². The second kappa shape index (κ2) is 8.61. The molecule has 2 aromatic heterocycles. The maximum absolute atomic E-state index is 6.52. The summed E-state index contributed by atoms with van der Waals surface area (Å²) in [5, 5.41) is 0.608. The number of aryl methyl sites for hydroxylation is 1. The largest absolute Gasteiger partial charge is 0.497 e. The molecule has 144 valence electrons. The van der Waals surface area contributed by atoms with Gasteiger partial charge in [0.1, 0.15) is 17.3 Å². The minimum atomic E-state index is 0.608. The molecule has 0 saturated carbocycles. The summed E-state index contributed by atoms with van der Waals surface area (Å²) in [6, 6.07) is 5.66. The van der Waals surface area contributed by atoms with Crippen LogP contribution in [0.3, 0.4) is 0 Å². The van der Waals surface area contributed by atoms with Crippen LogP contribution < -0.4 is 9.64 Å². The van der Waals surface area contributed by atoms with Crippen LogP contribution in [0, 0.1) is 0 Å². The molecule has 1 aromatic carbocycles. The van der Waals surface area contributed by atoms with E-state index in [2.05, 4.69) is 35.1 Å². The molecule has 0 aliphatic heterocycles. The highest BCUT2D eigenvalue weighted by molar-refractivity contribution is 6.33. The smallest absolute Gasteiger partial charge is 0.165 e. The molecule has 0 saturated heterocycles. The highest BCUT2D eigenvalue weighted by Crippen LogP contribution is 2.34. The zero-order chi connectivity index (χ0) is 19.4. The van der Waals surface area contributed by atoms with Crippen LogP contribution in [-0.4, -0.2) is 34.6 Å². The number of methoxy groups -OCH3 is 1. The van der Waals surface area contributed by atoms with Gasteiger partial charge in [0.15, 0.2) is 5.65 Å². The molecule has 0 aliphatic rings. The maximum atomic E-state index is 6.52. The fourth-order valence-electron chi connectivity index (χ4n) is 3.45. The van der Waals surface area contributed by atoms with Gasteiger partial charge in [-0.3, -0.25) is 9.38 Å². The average Bonchev–Trinajstić information content (AvgIpc) is 3.06. The van der Waals surface area contributed by atoms with Crippen molar-refractivity contribution in [1.29, 1.82) is 0 Å². The van der Waals surface area contributed by atoms with Gasteiger partial charge in [0.25, 0.3) is 0 Å². The molecule has 0 bridgehead atoms. The van der Waals surface area contributed by atoms with E-state index in [-0.39, 0.29) is 0 Å². The highest BCUT2D eigenvalue weighted by Gasteiger charge is 2.20. The van der Waals surface area contributed by atoms with Gasteiger partial charge in [0.05, 0.1) is 17.8 Å². The second-order valence-corrected chi connectivity index (χ2v) is 6.95. The molecule has 3 rings (SSSR count). The topological polar surface area (TPSA) is 42.7 Å². The third-order valence-electron chi connectivity index (χ3n) is 4.64. The maximum Gasteiger partial charge on any atom is 0.165 e. The minimum Gasteiger partial charge on any atom is -0.497 e. The van der Waals surface area contributed by atoms with Gasteiger partial charge in [0.2, 0.25) is 0 Å². The van der Waals surface area contributed by atoms with Crippen molar-refractivity contribution in [2.24, 2.45) is 0 Å². The number of halogens is 1. The van der Waals surface area contributed by atoms with E-state index in [1.807, 2.05) is 30.6 Å². The van der Waals surface area contributed by atoms with Crippen LogP contribution in [0.1, 0.15) is 39.3 Å². The Kier molecular flexibility index (Phi) is 6.22. The minimum absolute atomic E-state index is 0.608. The summed E-state index contributed by atoms with van der Waals surface area (Å²) in [6.45, 7) is 8.59. The van der Waals surface area contributed by atoms with Crippen molar-refractivity contribution in [3.8, 4) is 17.0 Å². The quantitative estimate of drug-likeness (QED) is 0.530. The fourth-order valence-corrected chi connectivity index (χ4v) is 3.71. The Morgan fingerprint density at radius 2 is 1.89 bits per heavy atom. The number of hydrogen-bond acceptors (Lipinski definition) is 4. The number of rotatable bonds is 8. The standard InChI is InChI=1S/C21H27ClN4O/c1-5-11-25(12-6-2)21-18(7-3)24-20-19(23-10-13-26(20)21)16-9-8-15(27-4)14-17(16)22/h8-10,13-14H,5-7,11-12H2,1-4H3. The Bertz CT molecular complexity index is 916. The number of benzene rings is 1. The second-order valence-electron chi connectivity index (χ2n) is 6.54. The van der Waals surface area contributed by atoms with Crippen LogP contribution in [0.25, 0.3) is 16.9 Å². The summed E-state index contributed by atoms with van der Waals surface area (Å²) in [5.74, 6) is 1.90. The normalized spacial score (nSPS) is 11.1. The molecule has 2 heterocycles. The van der Waals surface area contributed by atoms with Gasteiger partial charge in [-0.25, -0.2) is 4.98 Å². The monoisotopic (exact) mass is 386 g/mol. The van der Waals surface area contributed by atoms with Gasteiger partial charge in [-0.15, -0.1) is 0 Å². The van der Waals surface area contributed by atoms with Crippen LogP contribution in [-0.2, 0) is 6.42 Å². The predicted octanol–water partition coefficient (Wildman–Crippen LogP) is 5.25. The van der Waals surface area contributed by atoms with Gasteiger partial charge in [0, 0.05) is 31.0 Å². The zero-order valence-electron chi connectivity index (χ0n) is 16.5. The number of fused-ring (bicyclic) bond motifs is 1. The molecule has 0 radical (unpaired) electrons. The lowest BCUT2D eigenvalue weighted by Crippen LogP contribution is -2.27. The molecule has 0 spiro atoms.